The van der Waals surface area contributed by atoms with Gasteiger partial charge in [-0.2, -0.15) is 0 Å². The fourth-order valence-corrected chi connectivity index (χ4v) is 1.07. The standard InChI is InChI=1S/C12H19NO/c1-4-7-8-9-12(14)13(10-5-2)11-6-3/h5-8H,2-4,9-11H2,1H3/b8-7-. The van der Waals surface area contributed by atoms with Gasteiger partial charge in [-0.1, -0.05) is 31.2 Å². The Bertz CT molecular complexity index is 208. The largest absolute Gasteiger partial charge is 0.335 e. The van der Waals surface area contributed by atoms with Gasteiger partial charge >= 0.3 is 0 Å². The van der Waals surface area contributed by atoms with Crippen molar-refractivity contribution in [3.05, 3.63) is 37.5 Å². The minimum absolute atomic E-state index is 0.120. The van der Waals surface area contributed by atoms with Crippen LogP contribution < -0.4 is 0 Å². The molecular formula is C12H19NO. The Kier molecular flexibility index (Phi) is 7.52. The van der Waals surface area contributed by atoms with Crippen LogP contribution in [0.3, 0.4) is 0 Å². The molecule has 0 radical (unpaired) electrons. The van der Waals surface area contributed by atoms with E-state index in [1.165, 1.54) is 0 Å². The van der Waals surface area contributed by atoms with Gasteiger partial charge in [-0.05, 0) is 6.42 Å². The maximum absolute atomic E-state index is 11.6. The summed E-state index contributed by atoms with van der Waals surface area (Å²) in [6, 6.07) is 0. The topological polar surface area (TPSA) is 20.3 Å². The summed E-state index contributed by atoms with van der Waals surface area (Å²) in [5, 5.41) is 0. The number of carbonyl (C=O) groups excluding carboxylic acids is 1. The normalized spacial score (nSPS) is 10.1. The Morgan fingerprint density at radius 1 is 1.21 bits per heavy atom. The highest BCUT2D eigenvalue weighted by atomic mass is 16.2. The lowest BCUT2D eigenvalue weighted by Gasteiger charge is -2.18. The highest BCUT2D eigenvalue weighted by Crippen LogP contribution is 1.97. The molecule has 0 heterocycles. The molecule has 0 saturated heterocycles. The summed E-state index contributed by atoms with van der Waals surface area (Å²) in [7, 11) is 0. The van der Waals surface area contributed by atoms with Gasteiger partial charge in [-0.3, -0.25) is 4.79 Å². The van der Waals surface area contributed by atoms with Crippen LogP contribution in [-0.2, 0) is 4.79 Å². The predicted molar refractivity (Wildman–Crippen MR) is 61.0 cm³/mol. The average molecular weight is 193 g/mol. The number of allylic oxidation sites excluding steroid dienone is 1. The van der Waals surface area contributed by atoms with Crippen molar-refractivity contribution < 1.29 is 4.79 Å². The lowest BCUT2D eigenvalue weighted by atomic mass is 10.3. The van der Waals surface area contributed by atoms with E-state index in [1.807, 2.05) is 19.1 Å². The summed E-state index contributed by atoms with van der Waals surface area (Å²) in [5.74, 6) is 0.120. The van der Waals surface area contributed by atoms with E-state index in [4.69, 9.17) is 0 Å². The lowest BCUT2D eigenvalue weighted by Crippen LogP contribution is -2.30. The Morgan fingerprint density at radius 2 is 1.79 bits per heavy atom. The molecule has 0 N–H and O–H groups in total. The molecule has 0 atom stereocenters. The van der Waals surface area contributed by atoms with E-state index in [9.17, 15) is 4.79 Å². The highest BCUT2D eigenvalue weighted by molar-refractivity contribution is 5.78. The van der Waals surface area contributed by atoms with E-state index in [0.29, 0.717) is 19.5 Å². The summed E-state index contributed by atoms with van der Waals surface area (Å²) in [4.78, 5) is 13.3. The molecule has 0 fully saturated rings. The van der Waals surface area contributed by atoms with Gasteiger partial charge in [0.15, 0.2) is 0 Å². The highest BCUT2D eigenvalue weighted by Gasteiger charge is 2.07. The molecule has 0 aromatic heterocycles. The summed E-state index contributed by atoms with van der Waals surface area (Å²) in [6.07, 6.45) is 8.79. The van der Waals surface area contributed by atoms with Crippen LogP contribution in [0.5, 0.6) is 0 Å². The van der Waals surface area contributed by atoms with Crippen LogP contribution in [0.2, 0.25) is 0 Å². The molecule has 0 spiro atoms. The number of rotatable bonds is 7. The minimum atomic E-state index is 0.120. The third kappa shape index (κ3) is 5.36. The van der Waals surface area contributed by atoms with Crippen LogP contribution in [-0.4, -0.2) is 23.9 Å². The van der Waals surface area contributed by atoms with Crippen molar-refractivity contribution in [2.75, 3.05) is 13.1 Å². The molecular weight excluding hydrogens is 174 g/mol. The monoisotopic (exact) mass is 193 g/mol. The van der Waals surface area contributed by atoms with Gasteiger partial charge in [0.2, 0.25) is 5.91 Å². The smallest absolute Gasteiger partial charge is 0.226 e. The summed E-state index contributed by atoms with van der Waals surface area (Å²) < 4.78 is 0. The molecule has 0 saturated carbocycles. The Labute approximate surface area is 86.6 Å². The number of carbonyl (C=O) groups is 1. The molecule has 0 rings (SSSR count). The Morgan fingerprint density at radius 3 is 2.21 bits per heavy atom. The quantitative estimate of drug-likeness (QED) is 0.569. The van der Waals surface area contributed by atoms with Crippen LogP contribution in [0.15, 0.2) is 37.5 Å². The minimum Gasteiger partial charge on any atom is -0.335 e. The van der Waals surface area contributed by atoms with Gasteiger partial charge in [-0.15, -0.1) is 13.2 Å². The third-order valence-corrected chi connectivity index (χ3v) is 1.75. The van der Waals surface area contributed by atoms with E-state index >= 15 is 0 Å². The molecule has 1 amide bonds. The van der Waals surface area contributed by atoms with Crippen molar-refractivity contribution in [2.45, 2.75) is 19.8 Å². The fourth-order valence-electron chi connectivity index (χ4n) is 1.07. The van der Waals surface area contributed by atoms with E-state index in [2.05, 4.69) is 13.2 Å². The molecule has 14 heavy (non-hydrogen) atoms. The van der Waals surface area contributed by atoms with Crippen LogP contribution in [0.25, 0.3) is 0 Å². The molecule has 0 aliphatic rings. The first-order chi connectivity index (χ1) is 6.76. The SMILES string of the molecule is C=CCN(CC=C)C(=O)C/C=C\CC. The second-order valence-electron chi connectivity index (χ2n) is 2.96. The van der Waals surface area contributed by atoms with Crippen LogP contribution in [0.1, 0.15) is 19.8 Å². The van der Waals surface area contributed by atoms with Gasteiger partial charge < -0.3 is 4.90 Å². The third-order valence-electron chi connectivity index (χ3n) is 1.75. The number of hydrogen-bond acceptors (Lipinski definition) is 1. The average Bonchev–Trinajstić information content (AvgIpc) is 2.18. The molecule has 2 heteroatoms. The first-order valence-electron chi connectivity index (χ1n) is 4.90. The molecule has 2 nitrogen and oxygen atoms in total. The van der Waals surface area contributed by atoms with Crippen molar-refractivity contribution in [1.82, 2.24) is 4.90 Å². The van der Waals surface area contributed by atoms with Gasteiger partial charge in [-0.25, -0.2) is 0 Å². The number of hydrogen-bond donors (Lipinski definition) is 0. The molecule has 0 unspecified atom stereocenters. The van der Waals surface area contributed by atoms with Gasteiger partial charge in [0.05, 0.1) is 0 Å². The molecule has 0 aromatic rings. The Balaban J connectivity index is 4.06. The second-order valence-corrected chi connectivity index (χ2v) is 2.96. The fraction of sp³-hybridized carbons (Fsp3) is 0.417. The van der Waals surface area contributed by atoms with Crippen molar-refractivity contribution in [3.8, 4) is 0 Å². The van der Waals surface area contributed by atoms with Gasteiger partial charge in [0, 0.05) is 19.5 Å². The van der Waals surface area contributed by atoms with Crippen molar-refractivity contribution in [1.29, 1.82) is 0 Å². The van der Waals surface area contributed by atoms with Crippen LogP contribution in [0.4, 0.5) is 0 Å². The van der Waals surface area contributed by atoms with E-state index < -0.39 is 0 Å². The summed E-state index contributed by atoms with van der Waals surface area (Å²) >= 11 is 0. The zero-order chi connectivity index (χ0) is 10.8. The molecule has 0 bridgehead atoms. The molecule has 0 aliphatic heterocycles. The van der Waals surface area contributed by atoms with E-state index in [0.717, 1.165) is 6.42 Å². The molecule has 0 aromatic carbocycles. The van der Waals surface area contributed by atoms with Crippen molar-refractivity contribution in [2.24, 2.45) is 0 Å². The van der Waals surface area contributed by atoms with Crippen LogP contribution >= 0.6 is 0 Å². The van der Waals surface area contributed by atoms with Gasteiger partial charge in [0.1, 0.15) is 0 Å². The first-order valence-corrected chi connectivity index (χ1v) is 4.90. The molecule has 0 aliphatic carbocycles. The summed E-state index contributed by atoms with van der Waals surface area (Å²) in [5.41, 5.74) is 0. The Hall–Kier alpha value is -1.31. The maximum Gasteiger partial charge on any atom is 0.226 e. The number of nitrogens with zero attached hydrogens (tertiary/aromatic N) is 1. The van der Waals surface area contributed by atoms with Gasteiger partial charge in [0.25, 0.3) is 0 Å². The predicted octanol–water partition coefficient (Wildman–Crippen LogP) is 2.54. The van der Waals surface area contributed by atoms with Crippen LogP contribution in [0, 0.1) is 0 Å². The second kappa shape index (κ2) is 8.30. The first kappa shape index (κ1) is 12.7. The van der Waals surface area contributed by atoms with Crippen molar-refractivity contribution in [3.63, 3.8) is 0 Å². The van der Waals surface area contributed by atoms with E-state index in [1.54, 1.807) is 17.1 Å². The maximum atomic E-state index is 11.6. The molecule has 78 valence electrons. The lowest BCUT2D eigenvalue weighted by molar-refractivity contribution is -0.129. The van der Waals surface area contributed by atoms with Crippen molar-refractivity contribution >= 4 is 5.91 Å². The van der Waals surface area contributed by atoms with E-state index in [-0.39, 0.29) is 5.91 Å². The number of amides is 1. The zero-order valence-electron chi connectivity index (χ0n) is 8.91. The zero-order valence-corrected chi connectivity index (χ0v) is 8.91. The summed E-state index contributed by atoms with van der Waals surface area (Å²) in [6.45, 7) is 10.5.